The van der Waals surface area contributed by atoms with Gasteiger partial charge in [-0.05, 0) is 17.8 Å². The van der Waals surface area contributed by atoms with Gasteiger partial charge in [0.05, 0.1) is 29.1 Å². The maximum absolute atomic E-state index is 13.3. The van der Waals surface area contributed by atoms with E-state index >= 15 is 0 Å². The van der Waals surface area contributed by atoms with Gasteiger partial charge in [0, 0.05) is 0 Å². The first-order valence-electron chi connectivity index (χ1n) is 10.0. The van der Waals surface area contributed by atoms with Crippen molar-refractivity contribution < 1.29 is 38.4 Å². The van der Waals surface area contributed by atoms with E-state index < -0.39 is 70.8 Å². The van der Waals surface area contributed by atoms with Crippen molar-refractivity contribution in [3.8, 4) is 0 Å². The maximum atomic E-state index is 13.3. The minimum absolute atomic E-state index is 0.0628. The second kappa shape index (κ2) is 4.41. The minimum Gasteiger partial charge on any atom is -0.459 e. The van der Waals surface area contributed by atoms with Crippen LogP contribution in [0.5, 0.6) is 0 Å². The van der Waals surface area contributed by atoms with E-state index in [1.54, 1.807) is 6.92 Å². The number of aliphatic hydroxyl groups is 1. The van der Waals surface area contributed by atoms with Gasteiger partial charge in [-0.3, -0.25) is 9.59 Å². The first kappa shape index (κ1) is 17.2. The Morgan fingerprint density at radius 3 is 2.50 bits per heavy atom. The zero-order chi connectivity index (χ0) is 20.0. The second-order valence-electron chi connectivity index (χ2n) is 10.5. The molecule has 0 aromatic rings. The van der Waals surface area contributed by atoms with Crippen molar-refractivity contribution >= 4 is 17.9 Å². The number of rotatable bonds is 0. The fourth-order valence-electron chi connectivity index (χ4n) is 8.12. The van der Waals surface area contributed by atoms with Gasteiger partial charge in [-0.1, -0.05) is 27.7 Å². The molecule has 6 aliphatic rings. The van der Waals surface area contributed by atoms with Crippen LogP contribution < -0.4 is 0 Å². The molecule has 8 heteroatoms. The zero-order valence-corrected chi connectivity index (χ0v) is 16.3. The predicted molar refractivity (Wildman–Crippen MR) is 89.2 cm³/mol. The number of fused-ring (bicyclic) bond motifs is 1. The van der Waals surface area contributed by atoms with Crippen LogP contribution in [-0.2, 0) is 33.3 Å². The van der Waals surface area contributed by atoms with Gasteiger partial charge < -0.3 is 24.1 Å². The summed E-state index contributed by atoms with van der Waals surface area (Å²) in [6.07, 6.45) is -2.95. The fraction of sp³-hybridized carbons (Fsp3) is 0.850. The molecule has 0 radical (unpaired) electrons. The predicted octanol–water partition coefficient (Wildman–Crippen LogP) is 0.545. The topological polar surface area (TPSA) is 108 Å². The van der Waals surface area contributed by atoms with Crippen LogP contribution in [0.4, 0.5) is 0 Å². The summed E-state index contributed by atoms with van der Waals surface area (Å²) >= 11 is 0. The Bertz CT molecular complexity index is 846. The average molecular weight is 392 g/mol. The molecular weight excluding hydrogens is 368 g/mol. The summed E-state index contributed by atoms with van der Waals surface area (Å²) in [5.41, 5.74) is -3.82. The first-order chi connectivity index (χ1) is 13.0. The lowest BCUT2D eigenvalue weighted by atomic mass is 9.52. The Morgan fingerprint density at radius 2 is 1.82 bits per heavy atom. The molecule has 28 heavy (non-hydrogen) atoms. The van der Waals surface area contributed by atoms with Gasteiger partial charge in [-0.2, -0.15) is 0 Å². The largest absolute Gasteiger partial charge is 0.459 e. The molecule has 2 aliphatic carbocycles. The monoisotopic (exact) mass is 392 g/mol. The summed E-state index contributed by atoms with van der Waals surface area (Å²) in [5.74, 6) is -2.76. The molecule has 152 valence electrons. The van der Waals surface area contributed by atoms with Crippen molar-refractivity contribution in [3.05, 3.63) is 0 Å². The van der Waals surface area contributed by atoms with Gasteiger partial charge >= 0.3 is 17.9 Å². The summed E-state index contributed by atoms with van der Waals surface area (Å²) in [6.45, 7) is 7.93. The third-order valence-corrected chi connectivity index (χ3v) is 8.71. The molecule has 6 rings (SSSR count). The summed E-state index contributed by atoms with van der Waals surface area (Å²) in [6, 6.07) is 0. The highest BCUT2D eigenvalue weighted by atomic mass is 16.7. The molecule has 4 saturated heterocycles. The second-order valence-corrected chi connectivity index (χ2v) is 10.5. The molecule has 5 unspecified atom stereocenters. The van der Waals surface area contributed by atoms with Crippen molar-refractivity contribution in [1.29, 1.82) is 0 Å². The smallest absolute Gasteiger partial charge is 0.340 e. The Morgan fingerprint density at radius 1 is 1.11 bits per heavy atom. The lowest BCUT2D eigenvalue weighted by Gasteiger charge is -2.46. The highest BCUT2D eigenvalue weighted by molar-refractivity contribution is 5.91. The lowest BCUT2D eigenvalue weighted by Crippen LogP contribution is -2.59. The van der Waals surface area contributed by atoms with Crippen molar-refractivity contribution in [2.24, 2.45) is 34.0 Å². The molecule has 10 atom stereocenters. The molecule has 6 fully saturated rings. The van der Waals surface area contributed by atoms with E-state index in [2.05, 4.69) is 20.8 Å². The molecular formula is C20H24O8. The quantitative estimate of drug-likeness (QED) is 0.470. The molecule has 0 bridgehead atoms. The first-order valence-corrected chi connectivity index (χ1v) is 10.0. The molecule has 2 spiro atoms. The normalized spacial score (nSPS) is 58.2. The molecule has 2 saturated carbocycles. The van der Waals surface area contributed by atoms with E-state index in [1.165, 1.54) is 0 Å². The number of ether oxygens (including phenoxy) is 4. The van der Waals surface area contributed by atoms with Crippen molar-refractivity contribution in [2.45, 2.75) is 70.7 Å². The van der Waals surface area contributed by atoms with Crippen LogP contribution >= 0.6 is 0 Å². The van der Waals surface area contributed by atoms with Crippen LogP contribution in [0, 0.1) is 34.0 Å². The number of carbonyl (C=O) groups excluding carboxylic acids is 3. The number of hydrogen-bond acceptors (Lipinski definition) is 8. The summed E-state index contributed by atoms with van der Waals surface area (Å²) in [7, 11) is 0. The standard InChI is InChI=1S/C20H24O8/c1-7-11-12(27-14(7)23)13(22)19-9-5-8(17(2,3)4)18(19)6-10(21)26-16(18)28-20(11,19)15(24)25-9/h7-9,11-13,16,22H,5-6H2,1-4H3/t7-,8-,9?,11-,12?,13-,16-,18?,19?,20?/m0/s1. The SMILES string of the molecule is C[C@@H]1C(=O)OC2[C@H]1C13O[C@@H]4OC(=O)CC45[C@H](C(C)(C)C)CC(OC1=O)C35[C@H]2O. The van der Waals surface area contributed by atoms with Gasteiger partial charge in [-0.25, -0.2) is 4.79 Å². The van der Waals surface area contributed by atoms with Crippen LogP contribution in [0.1, 0.15) is 40.5 Å². The van der Waals surface area contributed by atoms with E-state index in [0.717, 1.165) is 0 Å². The number of carbonyl (C=O) groups is 3. The Labute approximate surface area is 161 Å². The summed E-state index contributed by atoms with van der Waals surface area (Å²) in [5, 5.41) is 11.6. The van der Waals surface area contributed by atoms with Gasteiger partial charge in [-0.15, -0.1) is 0 Å². The van der Waals surface area contributed by atoms with Crippen molar-refractivity contribution in [1.82, 2.24) is 0 Å². The molecule has 0 aromatic heterocycles. The van der Waals surface area contributed by atoms with E-state index in [1.807, 2.05) is 0 Å². The number of aliphatic hydroxyl groups excluding tert-OH is 1. The molecule has 1 N–H and O–H groups in total. The van der Waals surface area contributed by atoms with Gasteiger partial charge in [0.15, 0.2) is 5.60 Å². The summed E-state index contributed by atoms with van der Waals surface area (Å²) in [4.78, 5) is 38.0. The highest BCUT2D eigenvalue weighted by Crippen LogP contribution is 2.83. The van der Waals surface area contributed by atoms with E-state index in [4.69, 9.17) is 18.9 Å². The van der Waals surface area contributed by atoms with Gasteiger partial charge in [0.25, 0.3) is 0 Å². The molecule has 4 aliphatic heterocycles. The van der Waals surface area contributed by atoms with Crippen molar-refractivity contribution in [2.75, 3.05) is 0 Å². The van der Waals surface area contributed by atoms with Gasteiger partial charge in [0.2, 0.25) is 6.29 Å². The fourth-order valence-corrected chi connectivity index (χ4v) is 8.12. The Hall–Kier alpha value is -1.67. The molecule has 0 amide bonds. The lowest BCUT2D eigenvalue weighted by molar-refractivity contribution is -0.207. The van der Waals surface area contributed by atoms with E-state index in [9.17, 15) is 19.5 Å². The maximum Gasteiger partial charge on any atom is 0.340 e. The molecule has 8 nitrogen and oxygen atoms in total. The highest BCUT2D eigenvalue weighted by Gasteiger charge is 2.98. The van der Waals surface area contributed by atoms with Crippen LogP contribution in [0.15, 0.2) is 0 Å². The van der Waals surface area contributed by atoms with E-state index in [-0.39, 0.29) is 17.8 Å². The van der Waals surface area contributed by atoms with Crippen LogP contribution in [0.25, 0.3) is 0 Å². The minimum atomic E-state index is -1.53. The Balaban J connectivity index is 1.66. The van der Waals surface area contributed by atoms with E-state index in [0.29, 0.717) is 6.42 Å². The van der Waals surface area contributed by atoms with Gasteiger partial charge in [0.1, 0.15) is 18.3 Å². The van der Waals surface area contributed by atoms with Crippen molar-refractivity contribution in [3.63, 3.8) is 0 Å². The zero-order valence-electron chi connectivity index (χ0n) is 16.3. The third-order valence-electron chi connectivity index (χ3n) is 8.71. The Kier molecular flexibility index (Phi) is 2.71. The number of hydrogen-bond donors (Lipinski definition) is 1. The van der Waals surface area contributed by atoms with Crippen LogP contribution in [0.2, 0.25) is 0 Å². The third kappa shape index (κ3) is 1.32. The average Bonchev–Trinajstić information content (AvgIpc) is 3.30. The van der Waals surface area contributed by atoms with Crippen LogP contribution in [-0.4, -0.2) is 53.2 Å². The molecule has 0 aromatic carbocycles. The number of esters is 3. The summed E-state index contributed by atoms with van der Waals surface area (Å²) < 4.78 is 23.3. The molecule has 4 heterocycles. The van der Waals surface area contributed by atoms with Crippen LogP contribution in [0.3, 0.4) is 0 Å².